The number of carbonyl (C=O) groups excluding carboxylic acids is 1. The van der Waals surface area contributed by atoms with Gasteiger partial charge in [0, 0.05) is 42.8 Å². The van der Waals surface area contributed by atoms with Gasteiger partial charge in [-0.05, 0) is 45.6 Å². The fraction of sp³-hybridized carbons (Fsp3) is 0.355. The van der Waals surface area contributed by atoms with Crippen LogP contribution in [0.4, 0.5) is 19.4 Å². The number of terminal acetylenes is 1. The van der Waals surface area contributed by atoms with E-state index in [4.69, 9.17) is 15.9 Å². The number of pyridine rings is 1. The number of likely N-dealkylation sites (N-methyl/N-ethyl adjacent to an activating group) is 1. The van der Waals surface area contributed by atoms with E-state index in [2.05, 4.69) is 20.9 Å². The third-order valence-corrected chi connectivity index (χ3v) is 7.28. The van der Waals surface area contributed by atoms with Gasteiger partial charge in [-0.3, -0.25) is 4.98 Å². The van der Waals surface area contributed by atoms with Gasteiger partial charge in [0.15, 0.2) is 5.82 Å². The maximum atomic E-state index is 16.3. The molecule has 0 N–H and O–H groups in total. The predicted molar refractivity (Wildman–Crippen MR) is 154 cm³/mol. The van der Waals surface area contributed by atoms with Crippen molar-refractivity contribution in [1.29, 1.82) is 0 Å². The highest BCUT2D eigenvalue weighted by molar-refractivity contribution is 6.02. The summed E-state index contributed by atoms with van der Waals surface area (Å²) in [4.78, 5) is 29.7. The third-order valence-electron chi connectivity index (χ3n) is 7.28. The van der Waals surface area contributed by atoms with Gasteiger partial charge < -0.3 is 19.3 Å². The minimum absolute atomic E-state index is 0.00518. The quantitative estimate of drug-likeness (QED) is 0.286. The molecule has 1 amide bonds. The van der Waals surface area contributed by atoms with Gasteiger partial charge in [0.1, 0.15) is 28.4 Å². The van der Waals surface area contributed by atoms with E-state index in [1.165, 1.54) is 19.4 Å². The number of fused-ring (bicyclic) bond motifs is 2. The second-order valence-corrected chi connectivity index (χ2v) is 11.2. The van der Waals surface area contributed by atoms with Gasteiger partial charge in [-0.25, -0.2) is 13.6 Å². The maximum Gasteiger partial charge on any atom is 0.410 e. The number of halogens is 2. The number of anilines is 1. The molecule has 0 spiro atoms. The molecular formula is C31H31F2N5O3. The maximum absolute atomic E-state index is 16.3. The lowest BCUT2D eigenvalue weighted by molar-refractivity contribution is 0.0237. The fourth-order valence-corrected chi connectivity index (χ4v) is 5.29. The van der Waals surface area contributed by atoms with Crippen molar-refractivity contribution in [3.05, 3.63) is 53.7 Å². The molecule has 8 nitrogen and oxygen atoms in total. The molecule has 41 heavy (non-hydrogen) atoms. The van der Waals surface area contributed by atoms with Gasteiger partial charge >= 0.3 is 12.1 Å². The van der Waals surface area contributed by atoms with Crippen molar-refractivity contribution in [2.45, 2.75) is 51.8 Å². The highest BCUT2D eigenvalue weighted by atomic mass is 19.1. The fourth-order valence-electron chi connectivity index (χ4n) is 5.29. The first-order valence-electron chi connectivity index (χ1n) is 13.2. The molecule has 0 aliphatic carbocycles. The Bertz CT molecular complexity index is 1710. The van der Waals surface area contributed by atoms with Gasteiger partial charge in [0.25, 0.3) is 0 Å². The Balaban J connectivity index is 1.59. The zero-order valence-corrected chi connectivity index (χ0v) is 23.8. The Hall–Kier alpha value is -4.52. The van der Waals surface area contributed by atoms with Crippen molar-refractivity contribution in [2.75, 3.05) is 25.6 Å². The Morgan fingerprint density at radius 3 is 2.63 bits per heavy atom. The van der Waals surface area contributed by atoms with Gasteiger partial charge in [-0.2, -0.15) is 9.97 Å². The summed E-state index contributed by atoms with van der Waals surface area (Å²) in [5, 5.41) is 1.41. The van der Waals surface area contributed by atoms with Crippen molar-refractivity contribution in [2.24, 2.45) is 0 Å². The molecule has 10 heteroatoms. The average molecular weight is 560 g/mol. The number of benzene rings is 2. The van der Waals surface area contributed by atoms with Crippen LogP contribution < -0.4 is 9.64 Å². The van der Waals surface area contributed by atoms with Crippen LogP contribution in [-0.2, 0) is 4.74 Å². The standard InChI is InChI=1S/C31H31F2N5O3/c1-8-20-23(32)13-12-18-10-9-11-21(24(18)20)26-25(33)27-22(15-34-26)28(36-29(35-27)40-7)37(6)19-14-17(2)38(16-19)30(39)41-31(3,4)5/h1,9-13,15,17,19H,14,16H2,2-7H3. The summed E-state index contributed by atoms with van der Waals surface area (Å²) in [6.45, 7) is 7.83. The van der Waals surface area contributed by atoms with Crippen LogP contribution in [0.2, 0.25) is 0 Å². The number of rotatable bonds is 4. The summed E-state index contributed by atoms with van der Waals surface area (Å²) in [5.74, 6) is 1.50. The van der Waals surface area contributed by atoms with Crippen LogP contribution in [0, 0.1) is 24.0 Å². The van der Waals surface area contributed by atoms with Crippen molar-refractivity contribution in [3.63, 3.8) is 0 Å². The molecule has 2 unspecified atom stereocenters. The van der Waals surface area contributed by atoms with Crippen molar-refractivity contribution >= 4 is 33.6 Å². The third kappa shape index (κ3) is 5.08. The molecular weight excluding hydrogens is 528 g/mol. The summed E-state index contributed by atoms with van der Waals surface area (Å²) in [6, 6.07) is 7.80. The highest BCUT2D eigenvalue weighted by Gasteiger charge is 2.38. The molecule has 1 aliphatic heterocycles. The van der Waals surface area contributed by atoms with Crippen LogP contribution in [0.25, 0.3) is 32.9 Å². The number of ether oxygens (including phenoxy) is 2. The summed E-state index contributed by atoms with van der Waals surface area (Å²) < 4.78 is 41.8. The van der Waals surface area contributed by atoms with Crippen LogP contribution in [0.1, 0.15) is 39.7 Å². The molecule has 3 heterocycles. The van der Waals surface area contributed by atoms with Crippen LogP contribution >= 0.6 is 0 Å². The first-order chi connectivity index (χ1) is 19.4. The van der Waals surface area contributed by atoms with Crippen molar-refractivity contribution < 1.29 is 23.0 Å². The lowest BCUT2D eigenvalue weighted by atomic mass is 9.96. The van der Waals surface area contributed by atoms with Crippen LogP contribution in [0.3, 0.4) is 0 Å². The van der Waals surface area contributed by atoms with Gasteiger partial charge in [0.05, 0.1) is 18.1 Å². The van der Waals surface area contributed by atoms with E-state index in [1.807, 2.05) is 39.6 Å². The smallest absolute Gasteiger partial charge is 0.410 e. The molecule has 212 valence electrons. The largest absolute Gasteiger partial charge is 0.467 e. The van der Waals surface area contributed by atoms with Gasteiger partial charge in [0.2, 0.25) is 0 Å². The summed E-state index contributed by atoms with van der Waals surface area (Å²) >= 11 is 0. The van der Waals surface area contributed by atoms with Gasteiger partial charge in [-0.15, -0.1) is 6.42 Å². The first kappa shape index (κ1) is 28.0. The molecule has 2 aromatic carbocycles. The number of amides is 1. The number of hydrogen-bond donors (Lipinski definition) is 0. The number of hydrogen-bond acceptors (Lipinski definition) is 7. The minimum atomic E-state index is -0.715. The second-order valence-electron chi connectivity index (χ2n) is 11.2. The first-order valence-corrected chi connectivity index (χ1v) is 13.2. The summed E-state index contributed by atoms with van der Waals surface area (Å²) in [5.41, 5.74) is -0.265. The normalized spacial score (nSPS) is 17.1. The topological polar surface area (TPSA) is 80.7 Å². The van der Waals surface area contributed by atoms with Crippen LogP contribution in [0.15, 0.2) is 36.5 Å². The van der Waals surface area contributed by atoms with E-state index < -0.39 is 17.2 Å². The molecule has 2 aromatic heterocycles. The van der Waals surface area contributed by atoms with E-state index in [-0.39, 0.29) is 41.0 Å². The Kier molecular flexibility index (Phi) is 7.15. The average Bonchev–Trinajstić information content (AvgIpc) is 3.33. The van der Waals surface area contributed by atoms with Crippen LogP contribution in [0.5, 0.6) is 6.01 Å². The van der Waals surface area contributed by atoms with E-state index >= 15 is 4.39 Å². The SMILES string of the molecule is C#Cc1c(F)ccc2cccc(-c3ncc4c(N(C)C5CC(C)N(C(=O)OC(C)(C)C)C5)nc(OC)nc4c3F)c12. The van der Waals surface area contributed by atoms with Crippen molar-refractivity contribution in [3.8, 4) is 29.6 Å². The zero-order chi connectivity index (χ0) is 29.6. The number of likely N-dealkylation sites (tertiary alicyclic amines) is 1. The van der Waals surface area contributed by atoms with E-state index in [0.29, 0.717) is 40.5 Å². The number of carbonyl (C=O) groups is 1. The highest BCUT2D eigenvalue weighted by Crippen LogP contribution is 2.37. The van der Waals surface area contributed by atoms with Crippen molar-refractivity contribution in [1.82, 2.24) is 19.9 Å². The Labute approximate surface area is 237 Å². The molecule has 0 bridgehead atoms. The Morgan fingerprint density at radius 1 is 1.20 bits per heavy atom. The molecule has 1 fully saturated rings. The van der Waals surface area contributed by atoms with Crippen LogP contribution in [-0.4, -0.2) is 64.3 Å². The van der Waals surface area contributed by atoms with E-state index in [0.717, 1.165) is 0 Å². The van der Waals surface area contributed by atoms with E-state index in [1.54, 1.807) is 29.2 Å². The molecule has 0 saturated carbocycles. The summed E-state index contributed by atoms with van der Waals surface area (Å²) in [6.07, 6.45) is 7.39. The molecule has 5 rings (SSSR count). The predicted octanol–water partition coefficient (Wildman–Crippen LogP) is 5.95. The van der Waals surface area contributed by atoms with E-state index in [9.17, 15) is 9.18 Å². The Morgan fingerprint density at radius 2 is 1.95 bits per heavy atom. The van der Waals surface area contributed by atoms with Gasteiger partial charge in [-0.1, -0.05) is 30.2 Å². The molecule has 4 aromatic rings. The number of methoxy groups -OCH3 is 1. The monoisotopic (exact) mass is 559 g/mol. The zero-order valence-electron chi connectivity index (χ0n) is 23.8. The number of aromatic nitrogens is 3. The molecule has 2 atom stereocenters. The molecule has 0 radical (unpaired) electrons. The second kappa shape index (κ2) is 10.5. The lowest BCUT2D eigenvalue weighted by Crippen LogP contribution is -2.41. The summed E-state index contributed by atoms with van der Waals surface area (Å²) in [7, 11) is 3.23. The number of nitrogens with zero attached hydrogens (tertiary/aromatic N) is 5. The lowest BCUT2D eigenvalue weighted by Gasteiger charge is -2.28. The minimum Gasteiger partial charge on any atom is -0.467 e. The molecule has 1 saturated heterocycles. The molecule has 1 aliphatic rings.